The standard InChI is InChI=1S/C17H17N3O2S.C9H8O4/c18-13-15-7-5-14(6-8-15)3-2-12-23(21,22)20-11-9-16-4-1-10-19-17(16)20;1-5-6(8(10)11)3-2-4-7(5)9(12)13/h1-11H,12-13,18H2;2-4H,1H3,(H,10,11)(H,12,13). The molecule has 0 aliphatic heterocycles. The van der Waals surface area contributed by atoms with Gasteiger partial charge in [0.2, 0.25) is 10.0 Å². The minimum atomic E-state index is -3.48. The van der Waals surface area contributed by atoms with Gasteiger partial charge in [-0.15, -0.1) is 0 Å². The highest BCUT2D eigenvalue weighted by Crippen LogP contribution is 2.16. The van der Waals surface area contributed by atoms with E-state index in [1.165, 1.54) is 35.3 Å². The van der Waals surface area contributed by atoms with Gasteiger partial charge in [0.05, 0.1) is 16.9 Å². The summed E-state index contributed by atoms with van der Waals surface area (Å²) < 4.78 is 26.1. The first kappa shape index (κ1) is 26.3. The maximum absolute atomic E-state index is 12.5. The predicted molar refractivity (Wildman–Crippen MR) is 137 cm³/mol. The second kappa shape index (κ2) is 11.4. The molecular weight excluding hydrogens is 482 g/mol. The number of benzene rings is 2. The number of aromatic nitrogens is 2. The number of aromatic carboxylic acids is 2. The van der Waals surface area contributed by atoms with Gasteiger partial charge in [-0.25, -0.2) is 27.0 Å². The van der Waals surface area contributed by atoms with Crippen molar-refractivity contribution in [2.45, 2.75) is 13.5 Å². The topological polar surface area (TPSA) is 153 Å². The highest BCUT2D eigenvalue weighted by Gasteiger charge is 2.15. The molecule has 0 aliphatic rings. The van der Waals surface area contributed by atoms with Crippen LogP contribution in [0, 0.1) is 6.92 Å². The van der Waals surface area contributed by atoms with E-state index in [0.717, 1.165) is 16.5 Å². The zero-order valence-corrected chi connectivity index (χ0v) is 20.2. The lowest BCUT2D eigenvalue weighted by Crippen LogP contribution is -2.14. The van der Waals surface area contributed by atoms with Crippen molar-refractivity contribution in [1.29, 1.82) is 0 Å². The second-order valence-electron chi connectivity index (χ2n) is 7.74. The van der Waals surface area contributed by atoms with E-state index in [9.17, 15) is 18.0 Å². The summed E-state index contributed by atoms with van der Waals surface area (Å²) in [7, 11) is -3.48. The van der Waals surface area contributed by atoms with E-state index in [2.05, 4.69) is 4.98 Å². The molecule has 0 saturated carbocycles. The zero-order valence-electron chi connectivity index (χ0n) is 19.4. The van der Waals surface area contributed by atoms with Crippen LogP contribution in [0.3, 0.4) is 0 Å². The van der Waals surface area contributed by atoms with Crippen molar-refractivity contribution in [3.8, 4) is 0 Å². The molecule has 2 heterocycles. The third-order valence-corrected chi connectivity index (χ3v) is 6.85. The molecular formula is C26H25N3O6S. The SMILES string of the molecule is Cc1c(C(=O)O)cccc1C(=O)O.NCc1ccc(C=CCS(=O)(=O)n2ccc3cccnc32)cc1. The minimum Gasteiger partial charge on any atom is -0.478 e. The molecule has 10 heteroatoms. The van der Waals surface area contributed by atoms with E-state index in [-0.39, 0.29) is 22.4 Å². The number of pyridine rings is 1. The summed E-state index contributed by atoms with van der Waals surface area (Å²) in [5.74, 6) is -2.31. The summed E-state index contributed by atoms with van der Waals surface area (Å²) in [6.45, 7) is 1.97. The highest BCUT2D eigenvalue weighted by atomic mass is 32.2. The molecule has 36 heavy (non-hydrogen) atoms. The zero-order chi connectivity index (χ0) is 26.3. The van der Waals surface area contributed by atoms with Crippen molar-refractivity contribution in [3.05, 3.63) is 107 Å². The van der Waals surface area contributed by atoms with Crippen LogP contribution in [0.2, 0.25) is 0 Å². The van der Waals surface area contributed by atoms with Crippen LogP contribution in [-0.2, 0) is 16.6 Å². The molecule has 0 amide bonds. The fourth-order valence-electron chi connectivity index (χ4n) is 3.42. The minimum absolute atomic E-state index is 0.0277. The lowest BCUT2D eigenvalue weighted by Gasteiger charge is -2.04. The number of nitrogens with zero attached hydrogens (tertiary/aromatic N) is 2. The van der Waals surface area contributed by atoms with Crippen molar-refractivity contribution < 1.29 is 28.2 Å². The Labute approximate surface area is 208 Å². The number of rotatable bonds is 7. The summed E-state index contributed by atoms with van der Waals surface area (Å²) in [5.41, 5.74) is 8.32. The quantitative estimate of drug-likeness (QED) is 0.342. The molecule has 0 aliphatic carbocycles. The normalized spacial score (nSPS) is 11.3. The maximum Gasteiger partial charge on any atom is 0.335 e. The van der Waals surface area contributed by atoms with Crippen LogP contribution in [0.5, 0.6) is 0 Å². The van der Waals surface area contributed by atoms with E-state index < -0.39 is 22.0 Å². The van der Waals surface area contributed by atoms with Crippen LogP contribution >= 0.6 is 0 Å². The van der Waals surface area contributed by atoms with Crippen LogP contribution in [0.4, 0.5) is 0 Å². The van der Waals surface area contributed by atoms with Crippen molar-refractivity contribution >= 4 is 39.1 Å². The molecule has 2 aromatic heterocycles. The molecule has 0 bridgehead atoms. The van der Waals surface area contributed by atoms with Gasteiger partial charge in [0.1, 0.15) is 0 Å². The van der Waals surface area contributed by atoms with Gasteiger partial charge in [0, 0.05) is 24.3 Å². The Kier molecular flexibility index (Phi) is 8.36. The third-order valence-electron chi connectivity index (χ3n) is 5.34. The molecule has 0 spiro atoms. The Morgan fingerprint density at radius 2 is 1.61 bits per heavy atom. The van der Waals surface area contributed by atoms with E-state index in [1.807, 2.05) is 30.3 Å². The first-order chi connectivity index (χ1) is 17.1. The highest BCUT2D eigenvalue weighted by molar-refractivity contribution is 7.90. The van der Waals surface area contributed by atoms with E-state index in [0.29, 0.717) is 12.2 Å². The number of fused-ring (bicyclic) bond motifs is 1. The van der Waals surface area contributed by atoms with Crippen LogP contribution in [0.25, 0.3) is 17.1 Å². The Bertz CT molecular complexity index is 1490. The summed E-state index contributed by atoms with van der Waals surface area (Å²) in [6, 6.07) is 17.2. The van der Waals surface area contributed by atoms with Crippen molar-refractivity contribution in [2.75, 3.05) is 5.75 Å². The first-order valence-electron chi connectivity index (χ1n) is 10.8. The lowest BCUT2D eigenvalue weighted by molar-refractivity contribution is 0.0696. The van der Waals surface area contributed by atoms with Gasteiger partial charge in [-0.2, -0.15) is 0 Å². The Morgan fingerprint density at radius 1 is 0.972 bits per heavy atom. The molecule has 9 nitrogen and oxygen atoms in total. The van der Waals surface area contributed by atoms with Gasteiger partial charge in [-0.05, 0) is 53.9 Å². The number of carboxylic acids is 2. The molecule has 0 fully saturated rings. The summed E-state index contributed by atoms with van der Waals surface area (Å²) in [6.07, 6.45) is 6.55. The van der Waals surface area contributed by atoms with Crippen molar-refractivity contribution in [3.63, 3.8) is 0 Å². The van der Waals surface area contributed by atoms with Gasteiger partial charge in [0.25, 0.3) is 0 Å². The molecule has 0 unspecified atom stereocenters. The molecule has 186 valence electrons. The monoisotopic (exact) mass is 507 g/mol. The van der Waals surface area contributed by atoms with E-state index in [4.69, 9.17) is 15.9 Å². The molecule has 4 rings (SSSR count). The Balaban J connectivity index is 0.000000236. The molecule has 0 atom stereocenters. The van der Waals surface area contributed by atoms with Crippen LogP contribution in [-0.4, -0.2) is 45.3 Å². The fraction of sp³-hybridized carbons (Fsp3) is 0.115. The molecule has 4 N–H and O–H groups in total. The third kappa shape index (κ3) is 6.23. The van der Waals surface area contributed by atoms with Crippen molar-refractivity contribution in [2.24, 2.45) is 5.73 Å². The predicted octanol–water partition coefficient (Wildman–Crippen LogP) is 3.78. The summed E-state index contributed by atoms with van der Waals surface area (Å²) >= 11 is 0. The number of carboxylic acid groups (broad SMARTS) is 2. The van der Waals surface area contributed by atoms with Gasteiger partial charge in [-0.3, -0.25) is 0 Å². The molecule has 0 saturated heterocycles. The fourth-order valence-corrected chi connectivity index (χ4v) is 4.58. The van der Waals surface area contributed by atoms with Crippen LogP contribution in [0.15, 0.2) is 79.1 Å². The summed E-state index contributed by atoms with van der Waals surface area (Å²) in [5, 5.41) is 18.2. The van der Waals surface area contributed by atoms with Gasteiger partial charge in [-0.1, -0.05) is 42.5 Å². The number of carbonyl (C=O) groups is 2. The number of hydrogen-bond acceptors (Lipinski definition) is 6. The first-order valence-corrected chi connectivity index (χ1v) is 12.4. The second-order valence-corrected chi connectivity index (χ2v) is 9.63. The average molecular weight is 508 g/mol. The van der Waals surface area contributed by atoms with Gasteiger partial charge in [0.15, 0.2) is 5.65 Å². The van der Waals surface area contributed by atoms with Gasteiger partial charge < -0.3 is 15.9 Å². The average Bonchev–Trinajstić information content (AvgIpc) is 3.30. The van der Waals surface area contributed by atoms with Gasteiger partial charge >= 0.3 is 11.9 Å². The number of hydrogen-bond donors (Lipinski definition) is 3. The smallest absolute Gasteiger partial charge is 0.335 e. The van der Waals surface area contributed by atoms with Crippen molar-refractivity contribution in [1.82, 2.24) is 8.96 Å². The molecule has 2 aromatic carbocycles. The van der Waals surface area contributed by atoms with Crippen LogP contribution < -0.4 is 5.73 Å². The number of nitrogens with two attached hydrogens (primary N) is 1. The van der Waals surface area contributed by atoms with E-state index in [1.54, 1.807) is 30.5 Å². The lowest BCUT2D eigenvalue weighted by atomic mass is 10.0. The van der Waals surface area contributed by atoms with Crippen LogP contribution in [0.1, 0.15) is 37.4 Å². The maximum atomic E-state index is 12.5. The largest absolute Gasteiger partial charge is 0.478 e. The Hall–Kier alpha value is -4.28. The summed E-state index contributed by atoms with van der Waals surface area (Å²) in [4.78, 5) is 25.3. The molecule has 0 radical (unpaired) electrons. The van der Waals surface area contributed by atoms with E-state index >= 15 is 0 Å². The Morgan fingerprint density at radius 3 is 2.19 bits per heavy atom. The molecule has 4 aromatic rings.